The molecular formula is C27H31N3O4S. The summed E-state index contributed by atoms with van der Waals surface area (Å²) < 4.78 is 0. The summed E-state index contributed by atoms with van der Waals surface area (Å²) in [5.74, 6) is -1.57. The van der Waals surface area contributed by atoms with Crippen LogP contribution in [0.1, 0.15) is 29.5 Å². The highest BCUT2D eigenvalue weighted by Crippen LogP contribution is 2.46. The number of nitriles is 1. The summed E-state index contributed by atoms with van der Waals surface area (Å²) in [6.07, 6.45) is 3.04. The third kappa shape index (κ3) is 6.95. The number of nitrogens with zero attached hydrogens (tertiary/aromatic N) is 3. The molecule has 0 aliphatic carbocycles. The number of hydrogen-bond acceptors (Lipinski definition) is 6. The molecule has 1 saturated heterocycles. The Bertz CT molecular complexity index is 1040. The lowest BCUT2D eigenvalue weighted by Crippen LogP contribution is -2.45. The molecule has 0 radical (unpaired) electrons. The molecule has 2 aliphatic rings. The van der Waals surface area contributed by atoms with Crippen LogP contribution in [-0.4, -0.2) is 71.7 Å². The van der Waals surface area contributed by atoms with Crippen LogP contribution in [0.4, 0.5) is 0 Å². The van der Waals surface area contributed by atoms with E-state index in [2.05, 4.69) is 71.4 Å². The van der Waals surface area contributed by atoms with E-state index in [1.807, 2.05) is 11.8 Å². The second kappa shape index (κ2) is 12.5. The Labute approximate surface area is 210 Å². The van der Waals surface area contributed by atoms with E-state index in [9.17, 15) is 14.9 Å². The van der Waals surface area contributed by atoms with E-state index >= 15 is 0 Å². The van der Waals surface area contributed by atoms with Crippen molar-refractivity contribution < 1.29 is 19.8 Å². The van der Waals surface area contributed by atoms with Crippen LogP contribution in [0.2, 0.25) is 0 Å². The number of thioether (sulfide) groups is 1. The molecule has 35 heavy (non-hydrogen) atoms. The number of piperazine rings is 1. The quantitative estimate of drug-likeness (QED) is 0.585. The normalized spacial score (nSPS) is 20.0. The SMILES string of the molecule is CN1CCN(CCCC2(C#N)c3ccccc3CSc3ccccc32)CC1.O=C(O)/C=C\C(=O)O. The second-order valence-electron chi connectivity index (χ2n) is 8.72. The predicted octanol–water partition coefficient (Wildman–Crippen LogP) is 3.84. The van der Waals surface area contributed by atoms with Gasteiger partial charge in [-0.25, -0.2) is 9.59 Å². The van der Waals surface area contributed by atoms with Gasteiger partial charge in [0, 0.05) is 49.0 Å². The van der Waals surface area contributed by atoms with Crippen molar-refractivity contribution >= 4 is 23.7 Å². The van der Waals surface area contributed by atoms with Gasteiger partial charge < -0.3 is 20.0 Å². The molecule has 2 aromatic rings. The maximum atomic E-state index is 10.5. The molecule has 0 saturated carbocycles. The molecule has 0 spiro atoms. The largest absolute Gasteiger partial charge is 0.478 e. The highest BCUT2D eigenvalue weighted by molar-refractivity contribution is 7.98. The maximum absolute atomic E-state index is 10.5. The van der Waals surface area contributed by atoms with Crippen molar-refractivity contribution in [3.05, 3.63) is 77.4 Å². The van der Waals surface area contributed by atoms with Crippen LogP contribution >= 0.6 is 11.8 Å². The molecule has 2 heterocycles. The minimum Gasteiger partial charge on any atom is -0.478 e. The monoisotopic (exact) mass is 493 g/mol. The number of aliphatic carboxylic acids is 2. The van der Waals surface area contributed by atoms with Gasteiger partial charge in [-0.05, 0) is 49.2 Å². The van der Waals surface area contributed by atoms with Crippen molar-refractivity contribution in [1.82, 2.24) is 9.80 Å². The Morgan fingerprint density at radius 3 is 2.23 bits per heavy atom. The summed E-state index contributed by atoms with van der Waals surface area (Å²) in [7, 11) is 2.19. The number of likely N-dealkylation sites (N-methyl/N-ethyl adjacent to an activating group) is 1. The minimum atomic E-state index is -1.26. The van der Waals surface area contributed by atoms with Crippen LogP contribution < -0.4 is 0 Å². The van der Waals surface area contributed by atoms with Crippen LogP contribution in [0.15, 0.2) is 65.6 Å². The lowest BCUT2D eigenvalue weighted by Gasteiger charge is -2.34. The third-order valence-electron chi connectivity index (χ3n) is 6.39. The van der Waals surface area contributed by atoms with E-state index in [1.165, 1.54) is 21.6 Å². The molecular weight excluding hydrogens is 462 g/mol. The van der Waals surface area contributed by atoms with E-state index in [0.717, 1.165) is 51.3 Å². The molecule has 4 rings (SSSR count). The van der Waals surface area contributed by atoms with Gasteiger partial charge in [-0.2, -0.15) is 5.26 Å². The van der Waals surface area contributed by atoms with Gasteiger partial charge in [-0.3, -0.25) is 0 Å². The minimum absolute atomic E-state index is 0.538. The Morgan fingerprint density at radius 2 is 1.60 bits per heavy atom. The topological polar surface area (TPSA) is 105 Å². The molecule has 1 atom stereocenters. The number of carbonyl (C=O) groups is 2. The Hall–Kier alpha value is -3.12. The van der Waals surface area contributed by atoms with Crippen molar-refractivity contribution in [2.75, 3.05) is 39.8 Å². The van der Waals surface area contributed by atoms with Crippen molar-refractivity contribution in [2.24, 2.45) is 0 Å². The highest BCUT2D eigenvalue weighted by Gasteiger charge is 2.39. The maximum Gasteiger partial charge on any atom is 0.328 e. The molecule has 2 aromatic carbocycles. The Morgan fingerprint density at radius 1 is 1.00 bits per heavy atom. The fourth-order valence-electron chi connectivity index (χ4n) is 4.54. The fraction of sp³-hybridized carbons (Fsp3) is 0.370. The van der Waals surface area contributed by atoms with E-state index in [-0.39, 0.29) is 0 Å². The molecule has 184 valence electrons. The van der Waals surface area contributed by atoms with E-state index < -0.39 is 17.4 Å². The average Bonchev–Trinajstić information content (AvgIpc) is 3.00. The van der Waals surface area contributed by atoms with Gasteiger partial charge in [0.2, 0.25) is 0 Å². The summed E-state index contributed by atoms with van der Waals surface area (Å²) in [5.41, 5.74) is 3.17. The molecule has 8 heteroatoms. The first-order valence-corrected chi connectivity index (χ1v) is 12.6. The molecule has 2 aliphatic heterocycles. The number of carboxylic acid groups (broad SMARTS) is 2. The predicted molar refractivity (Wildman–Crippen MR) is 136 cm³/mol. The fourth-order valence-corrected chi connectivity index (χ4v) is 5.67. The molecule has 1 unspecified atom stereocenters. The number of rotatable bonds is 6. The molecule has 0 amide bonds. The van der Waals surface area contributed by atoms with Crippen molar-refractivity contribution in [3.63, 3.8) is 0 Å². The molecule has 1 fully saturated rings. The summed E-state index contributed by atoms with van der Waals surface area (Å²) in [4.78, 5) is 25.3. The summed E-state index contributed by atoms with van der Waals surface area (Å²) in [6, 6.07) is 19.9. The second-order valence-corrected chi connectivity index (χ2v) is 9.73. The van der Waals surface area contributed by atoms with Crippen LogP contribution in [0, 0.1) is 11.3 Å². The van der Waals surface area contributed by atoms with Gasteiger partial charge in [-0.1, -0.05) is 42.5 Å². The average molecular weight is 494 g/mol. The number of hydrogen-bond donors (Lipinski definition) is 2. The lowest BCUT2D eigenvalue weighted by atomic mass is 9.71. The zero-order valence-electron chi connectivity index (χ0n) is 19.9. The lowest BCUT2D eigenvalue weighted by molar-refractivity contribution is -0.134. The van der Waals surface area contributed by atoms with Crippen molar-refractivity contribution in [1.29, 1.82) is 5.26 Å². The third-order valence-corrected chi connectivity index (χ3v) is 7.51. The number of benzene rings is 2. The van der Waals surface area contributed by atoms with Gasteiger partial charge in [-0.15, -0.1) is 11.8 Å². The number of fused-ring (bicyclic) bond motifs is 2. The van der Waals surface area contributed by atoms with Crippen molar-refractivity contribution in [2.45, 2.75) is 28.9 Å². The van der Waals surface area contributed by atoms with Gasteiger partial charge in [0.05, 0.1) is 6.07 Å². The zero-order chi connectivity index (χ0) is 25.3. The van der Waals surface area contributed by atoms with E-state index in [4.69, 9.17) is 10.2 Å². The zero-order valence-corrected chi connectivity index (χ0v) is 20.7. The van der Waals surface area contributed by atoms with Crippen LogP contribution in [0.3, 0.4) is 0 Å². The summed E-state index contributed by atoms with van der Waals surface area (Å²) >= 11 is 1.86. The first kappa shape index (κ1) is 26.5. The summed E-state index contributed by atoms with van der Waals surface area (Å²) in [5, 5.41) is 26.1. The van der Waals surface area contributed by atoms with Crippen LogP contribution in [0.5, 0.6) is 0 Å². The standard InChI is InChI=1S/C23H27N3S.C4H4O4/c1-25-13-15-26(16-14-25)12-6-11-23(18-24)20-8-3-2-7-19(20)17-27-22-10-5-4-9-21(22)23;5-3(6)1-2-4(7)8/h2-5,7-10H,6,11-17H2,1H3;1-2H,(H,5,6)(H,7,8)/b;2-1-. The Balaban J connectivity index is 0.000000371. The van der Waals surface area contributed by atoms with E-state index in [0.29, 0.717) is 12.2 Å². The Kier molecular flexibility index (Phi) is 9.49. The van der Waals surface area contributed by atoms with Gasteiger partial charge in [0.25, 0.3) is 0 Å². The van der Waals surface area contributed by atoms with Crippen LogP contribution in [-0.2, 0) is 20.8 Å². The molecule has 7 nitrogen and oxygen atoms in total. The van der Waals surface area contributed by atoms with Gasteiger partial charge >= 0.3 is 11.9 Å². The molecule has 0 bridgehead atoms. The number of carboxylic acids is 2. The van der Waals surface area contributed by atoms with E-state index in [1.54, 1.807) is 0 Å². The van der Waals surface area contributed by atoms with Gasteiger partial charge in [0.15, 0.2) is 0 Å². The first-order valence-electron chi connectivity index (χ1n) is 11.6. The van der Waals surface area contributed by atoms with Crippen molar-refractivity contribution in [3.8, 4) is 6.07 Å². The highest BCUT2D eigenvalue weighted by atomic mass is 32.2. The van der Waals surface area contributed by atoms with Crippen LogP contribution in [0.25, 0.3) is 0 Å². The molecule has 2 N–H and O–H groups in total. The smallest absolute Gasteiger partial charge is 0.328 e. The molecule has 0 aromatic heterocycles. The van der Waals surface area contributed by atoms with Gasteiger partial charge in [0.1, 0.15) is 5.41 Å². The first-order chi connectivity index (χ1) is 16.9. The summed E-state index contributed by atoms with van der Waals surface area (Å²) in [6.45, 7) is 5.64.